The predicted molar refractivity (Wildman–Crippen MR) is 121 cm³/mol. The Morgan fingerprint density at radius 3 is 2.38 bits per heavy atom. The minimum Gasteiger partial charge on any atom is -0.361 e. The quantitative estimate of drug-likeness (QED) is 0.363. The maximum Gasteiger partial charge on any atom is 0.241 e. The van der Waals surface area contributed by atoms with Crippen molar-refractivity contribution in [2.75, 3.05) is 0 Å². The van der Waals surface area contributed by atoms with E-state index in [1.807, 2.05) is 43.5 Å². The highest BCUT2D eigenvalue weighted by molar-refractivity contribution is 9.10. The summed E-state index contributed by atoms with van der Waals surface area (Å²) in [5, 5.41) is 1.53. The van der Waals surface area contributed by atoms with E-state index in [1.165, 1.54) is 0 Å². The van der Waals surface area contributed by atoms with Crippen LogP contribution < -0.4 is 4.72 Å². The summed E-state index contributed by atoms with van der Waals surface area (Å²) in [7, 11) is -3.75. The number of aryl methyl sites for hydroxylation is 1. The van der Waals surface area contributed by atoms with Gasteiger partial charge in [0.25, 0.3) is 0 Å². The number of H-pyrrole nitrogens is 1. The molecular weight excluding hydrogens is 472 g/mol. The van der Waals surface area contributed by atoms with Crippen molar-refractivity contribution in [2.24, 2.45) is 0 Å². The number of benzene rings is 3. The summed E-state index contributed by atoms with van der Waals surface area (Å²) in [6.07, 6.45) is 1.84. The molecule has 0 fully saturated rings. The Morgan fingerprint density at radius 1 is 1.00 bits per heavy atom. The van der Waals surface area contributed by atoms with Crippen LogP contribution in [0.15, 0.2) is 82.3 Å². The molecule has 148 valence electrons. The Bertz CT molecular complexity index is 1270. The van der Waals surface area contributed by atoms with Crippen LogP contribution in [0.5, 0.6) is 0 Å². The van der Waals surface area contributed by atoms with E-state index in [0.29, 0.717) is 5.02 Å². The number of hydrogen-bond acceptors (Lipinski definition) is 2. The smallest absolute Gasteiger partial charge is 0.241 e. The number of fused-ring (bicyclic) bond motifs is 1. The topological polar surface area (TPSA) is 62.0 Å². The molecule has 0 aliphatic rings. The molecule has 1 atom stereocenters. The molecule has 0 bridgehead atoms. The molecule has 0 unspecified atom stereocenters. The zero-order valence-electron chi connectivity index (χ0n) is 15.5. The Morgan fingerprint density at radius 2 is 1.69 bits per heavy atom. The Labute approximate surface area is 183 Å². The van der Waals surface area contributed by atoms with E-state index >= 15 is 0 Å². The van der Waals surface area contributed by atoms with Gasteiger partial charge in [0.2, 0.25) is 10.0 Å². The van der Waals surface area contributed by atoms with Crippen molar-refractivity contribution in [2.45, 2.75) is 17.9 Å². The van der Waals surface area contributed by atoms with Crippen LogP contribution in [0.1, 0.15) is 22.7 Å². The first-order chi connectivity index (χ1) is 13.8. The average molecular weight is 490 g/mol. The summed E-state index contributed by atoms with van der Waals surface area (Å²) in [6.45, 7) is 1.92. The van der Waals surface area contributed by atoms with Crippen molar-refractivity contribution in [1.29, 1.82) is 0 Å². The van der Waals surface area contributed by atoms with Gasteiger partial charge in [-0.25, -0.2) is 8.42 Å². The van der Waals surface area contributed by atoms with Crippen LogP contribution in [0.4, 0.5) is 0 Å². The Hall–Kier alpha value is -2.12. The van der Waals surface area contributed by atoms with E-state index < -0.39 is 16.1 Å². The van der Waals surface area contributed by atoms with Gasteiger partial charge in [-0.1, -0.05) is 57.4 Å². The van der Waals surface area contributed by atoms with E-state index in [4.69, 9.17) is 11.6 Å². The van der Waals surface area contributed by atoms with Gasteiger partial charge in [-0.15, -0.1) is 0 Å². The van der Waals surface area contributed by atoms with Crippen LogP contribution in [0.2, 0.25) is 5.02 Å². The van der Waals surface area contributed by atoms with Crippen molar-refractivity contribution < 1.29 is 8.42 Å². The van der Waals surface area contributed by atoms with Crippen molar-refractivity contribution in [3.8, 4) is 0 Å². The van der Waals surface area contributed by atoms with Crippen LogP contribution in [-0.2, 0) is 10.0 Å². The minimum atomic E-state index is -3.75. The molecule has 0 saturated carbocycles. The van der Waals surface area contributed by atoms with E-state index in [-0.39, 0.29) is 4.90 Å². The summed E-state index contributed by atoms with van der Waals surface area (Å²) in [5.41, 5.74) is 3.56. The van der Waals surface area contributed by atoms with Crippen molar-refractivity contribution >= 4 is 48.5 Å². The van der Waals surface area contributed by atoms with Gasteiger partial charge in [-0.3, -0.25) is 0 Å². The number of aromatic nitrogens is 1. The fourth-order valence-electron chi connectivity index (χ4n) is 3.26. The molecule has 4 nitrogen and oxygen atoms in total. The number of aromatic amines is 1. The molecule has 7 heteroatoms. The summed E-state index contributed by atoms with van der Waals surface area (Å²) in [5.74, 6) is 0. The molecule has 0 amide bonds. The van der Waals surface area contributed by atoms with Crippen molar-refractivity contribution in [3.05, 3.63) is 99.1 Å². The lowest BCUT2D eigenvalue weighted by atomic mass is 9.99. The highest BCUT2D eigenvalue weighted by Gasteiger charge is 2.25. The highest BCUT2D eigenvalue weighted by Crippen LogP contribution is 2.32. The van der Waals surface area contributed by atoms with Gasteiger partial charge in [0.05, 0.1) is 10.9 Å². The molecule has 3 aromatic carbocycles. The standard InChI is InChI=1S/C22H18BrClN2O2S/c1-14-2-9-18(10-3-14)29(27,28)26-22(15-4-7-17(24)8-5-15)20-13-25-21-11-6-16(23)12-19(20)21/h2-13,22,25-26H,1H3/t22-/m0/s1. The van der Waals surface area contributed by atoms with Gasteiger partial charge in [0, 0.05) is 26.6 Å². The van der Waals surface area contributed by atoms with E-state index in [1.54, 1.807) is 36.4 Å². The molecule has 1 heterocycles. The Kier molecular flexibility index (Phi) is 5.53. The number of nitrogens with one attached hydrogen (secondary N) is 2. The zero-order chi connectivity index (χ0) is 20.6. The van der Waals surface area contributed by atoms with Gasteiger partial charge in [-0.05, 0) is 60.5 Å². The third-order valence-corrected chi connectivity index (χ3v) is 6.98. The summed E-state index contributed by atoms with van der Waals surface area (Å²) < 4.78 is 30.1. The fraction of sp³-hybridized carbons (Fsp3) is 0.0909. The van der Waals surface area contributed by atoms with Gasteiger partial charge < -0.3 is 4.98 Å². The summed E-state index contributed by atoms with van der Waals surface area (Å²) in [4.78, 5) is 3.45. The molecule has 4 aromatic rings. The van der Waals surface area contributed by atoms with Crippen LogP contribution in [0, 0.1) is 6.92 Å². The van der Waals surface area contributed by atoms with Crippen molar-refractivity contribution in [1.82, 2.24) is 9.71 Å². The fourth-order valence-corrected chi connectivity index (χ4v) is 4.95. The van der Waals surface area contributed by atoms with Crippen molar-refractivity contribution in [3.63, 3.8) is 0 Å². The summed E-state index contributed by atoms with van der Waals surface area (Å²) >= 11 is 9.55. The summed E-state index contributed by atoms with van der Waals surface area (Å²) in [6, 6.07) is 19.3. The molecule has 29 heavy (non-hydrogen) atoms. The number of rotatable bonds is 5. The molecule has 2 N–H and O–H groups in total. The van der Waals surface area contributed by atoms with Crippen LogP contribution in [0.25, 0.3) is 10.9 Å². The first kappa shape index (κ1) is 20.2. The van der Waals surface area contributed by atoms with E-state index in [9.17, 15) is 8.42 Å². The van der Waals surface area contributed by atoms with Gasteiger partial charge in [0.1, 0.15) is 0 Å². The third kappa shape index (κ3) is 4.26. The maximum absolute atomic E-state index is 13.1. The van der Waals surface area contributed by atoms with Crippen LogP contribution in [-0.4, -0.2) is 13.4 Å². The first-order valence-corrected chi connectivity index (χ1v) is 11.6. The molecule has 0 saturated heterocycles. The molecule has 0 aliphatic carbocycles. The number of sulfonamides is 1. The normalized spacial score (nSPS) is 12.9. The van der Waals surface area contributed by atoms with E-state index in [2.05, 4.69) is 25.6 Å². The second-order valence-corrected chi connectivity index (χ2v) is 9.92. The molecule has 0 radical (unpaired) electrons. The molecule has 4 rings (SSSR count). The molecular formula is C22H18BrClN2O2S. The zero-order valence-corrected chi connectivity index (χ0v) is 18.6. The highest BCUT2D eigenvalue weighted by atomic mass is 79.9. The average Bonchev–Trinajstić information content (AvgIpc) is 3.10. The number of halogens is 2. The number of hydrogen-bond donors (Lipinski definition) is 2. The third-order valence-electron chi connectivity index (χ3n) is 4.79. The molecule has 1 aromatic heterocycles. The lowest BCUT2D eigenvalue weighted by molar-refractivity contribution is 0.572. The SMILES string of the molecule is Cc1ccc(S(=O)(=O)N[C@@H](c2ccc(Cl)cc2)c2c[nH]c3ccc(Br)cc23)cc1. The van der Waals surface area contributed by atoms with Gasteiger partial charge in [0.15, 0.2) is 0 Å². The largest absolute Gasteiger partial charge is 0.361 e. The first-order valence-electron chi connectivity index (χ1n) is 8.94. The lowest BCUT2D eigenvalue weighted by Gasteiger charge is -2.19. The van der Waals surface area contributed by atoms with Gasteiger partial charge in [-0.2, -0.15) is 4.72 Å². The predicted octanol–water partition coefficient (Wildman–Crippen LogP) is 5.96. The van der Waals surface area contributed by atoms with E-state index in [0.717, 1.165) is 32.1 Å². The van der Waals surface area contributed by atoms with Crippen LogP contribution in [0.3, 0.4) is 0 Å². The lowest BCUT2D eigenvalue weighted by Crippen LogP contribution is -2.29. The minimum absolute atomic E-state index is 0.225. The second-order valence-electron chi connectivity index (χ2n) is 6.85. The monoisotopic (exact) mass is 488 g/mol. The second kappa shape index (κ2) is 7.95. The maximum atomic E-state index is 13.1. The van der Waals surface area contributed by atoms with Crippen LogP contribution >= 0.6 is 27.5 Å². The molecule has 0 spiro atoms. The Balaban J connectivity index is 1.83. The molecule has 0 aliphatic heterocycles. The van der Waals surface area contributed by atoms with Gasteiger partial charge >= 0.3 is 0 Å².